The second-order valence-corrected chi connectivity index (χ2v) is 17.2. The molecule has 0 atom stereocenters. The minimum Gasteiger partial charge on any atom is -0.464 e. The Hall–Kier alpha value is -5.55. The lowest BCUT2D eigenvalue weighted by Gasteiger charge is -2.34. The van der Waals surface area contributed by atoms with Gasteiger partial charge in [-0.25, -0.2) is 37.7 Å². The van der Waals surface area contributed by atoms with E-state index < -0.39 is 11.9 Å². The average Bonchev–Trinajstić information content (AvgIpc) is 3.91. The van der Waals surface area contributed by atoms with Gasteiger partial charge in [-0.15, -0.1) is 0 Å². The summed E-state index contributed by atoms with van der Waals surface area (Å²) in [5.41, 5.74) is 5.20. The summed E-state index contributed by atoms with van der Waals surface area (Å²) < 4.78 is 50.1. The zero-order valence-corrected chi connectivity index (χ0v) is 39.1. The fraction of sp³-hybridized carbons (Fsp3) is 0.458. The van der Waals surface area contributed by atoms with Gasteiger partial charge in [-0.1, -0.05) is 39.3 Å². The lowest BCUT2D eigenvalue weighted by Crippen LogP contribution is -2.35. The molecule has 0 aliphatic carbocycles. The molecule has 2 aliphatic heterocycles. The number of ether oxygens (including phenoxy) is 4. The molecule has 17 heteroatoms. The largest absolute Gasteiger partial charge is 0.464 e. The third kappa shape index (κ3) is 11.6. The lowest BCUT2D eigenvalue weighted by atomic mass is 9.96. The summed E-state index contributed by atoms with van der Waals surface area (Å²) in [6.45, 7) is 13.9. The first-order valence-electron chi connectivity index (χ1n) is 21.9. The number of nitrogens with one attached hydrogen (secondary N) is 1. The average molecular weight is 917 g/mol. The predicted octanol–water partition coefficient (Wildman–Crippen LogP) is 9.09. The number of fused-ring (bicyclic) bond motifs is 2. The highest BCUT2D eigenvalue weighted by molar-refractivity contribution is 6.35. The van der Waals surface area contributed by atoms with Crippen molar-refractivity contribution in [3.8, 4) is 11.4 Å². The van der Waals surface area contributed by atoms with Crippen molar-refractivity contribution in [3.63, 3.8) is 0 Å². The summed E-state index contributed by atoms with van der Waals surface area (Å²) in [7, 11) is 6.14. The number of anilines is 1. The molecule has 0 unspecified atom stereocenters. The van der Waals surface area contributed by atoms with Crippen molar-refractivity contribution in [1.29, 1.82) is 0 Å². The fourth-order valence-electron chi connectivity index (χ4n) is 8.08. The van der Waals surface area contributed by atoms with Crippen LogP contribution in [-0.2, 0) is 18.9 Å². The van der Waals surface area contributed by atoms with Crippen LogP contribution >= 0.6 is 11.6 Å². The first-order valence-corrected chi connectivity index (χ1v) is 22.3. The number of piperidine rings is 2. The predicted molar refractivity (Wildman–Crippen MR) is 248 cm³/mol. The van der Waals surface area contributed by atoms with Gasteiger partial charge in [-0.2, -0.15) is 10.2 Å². The smallest absolute Gasteiger partial charge is 0.356 e. The van der Waals surface area contributed by atoms with E-state index in [2.05, 4.69) is 39.1 Å². The van der Waals surface area contributed by atoms with Gasteiger partial charge in [0.2, 0.25) is 0 Å². The Morgan fingerprint density at radius 2 is 1.11 bits per heavy atom. The SMILES string of the molecule is COC(=O)c1cc(Cl)c2c(C(C)C)nn(-c3ccc(F)cc3)c2n1.COCC1CCN(c2cc(C(=O)OC)nc3c2c(C(C)C)nn3-c2ccc(F)cc2)CC1.COCC1CCNCC1. The molecule has 6 aromatic rings. The molecule has 4 aromatic heterocycles. The third-order valence-corrected chi connectivity index (χ3v) is 11.8. The normalized spacial score (nSPS) is 14.6. The Morgan fingerprint density at radius 3 is 1.55 bits per heavy atom. The molecule has 6 heterocycles. The lowest BCUT2D eigenvalue weighted by molar-refractivity contribution is 0.0585. The number of methoxy groups -OCH3 is 4. The number of nitrogens with zero attached hydrogens (tertiary/aromatic N) is 7. The minimum atomic E-state index is -0.586. The van der Waals surface area contributed by atoms with Gasteiger partial charge in [0.15, 0.2) is 22.7 Å². The van der Waals surface area contributed by atoms with Gasteiger partial charge in [-0.3, -0.25) is 0 Å². The second-order valence-electron chi connectivity index (χ2n) is 16.8. The molecule has 0 amide bonds. The van der Waals surface area contributed by atoms with E-state index in [4.69, 9.17) is 35.6 Å². The monoisotopic (exact) mass is 916 g/mol. The standard InChI is InChI=1S/C24H29FN4O3.C17H15ClFN3O2.C7H15NO/c1-15(2)22-21-20(28-11-9-16(10-12-28)14-31-3)13-19(24(30)32-4)26-23(21)29(27-22)18-7-5-17(25)6-8-18;1-9(2)15-14-12(18)8-13(17(23)24-3)20-16(14)22(21-15)11-6-4-10(19)5-7-11;1-9-6-7-2-4-8-5-3-7/h5-8,13,15-16H,9-12,14H2,1-4H3;4-9H,1-3H3;7-8H,2-6H2,1H3. The van der Waals surface area contributed by atoms with E-state index in [1.54, 1.807) is 47.8 Å². The number of benzene rings is 2. The number of pyridine rings is 2. The number of carbonyl (C=O) groups is 2. The maximum absolute atomic E-state index is 13.5. The van der Waals surface area contributed by atoms with Crippen molar-refractivity contribution in [2.45, 2.75) is 65.2 Å². The summed E-state index contributed by atoms with van der Waals surface area (Å²) in [5.74, 6) is -0.182. The molecule has 65 heavy (non-hydrogen) atoms. The van der Waals surface area contributed by atoms with Crippen LogP contribution in [0.5, 0.6) is 0 Å². The summed E-state index contributed by atoms with van der Waals surface area (Å²) in [6, 6.07) is 15.2. The Balaban J connectivity index is 0.000000186. The molecule has 8 rings (SSSR count). The summed E-state index contributed by atoms with van der Waals surface area (Å²) >= 11 is 6.38. The number of aromatic nitrogens is 6. The second kappa shape index (κ2) is 22.6. The van der Waals surface area contributed by atoms with E-state index in [1.165, 1.54) is 70.5 Å². The highest BCUT2D eigenvalue weighted by Gasteiger charge is 2.28. The van der Waals surface area contributed by atoms with E-state index in [0.29, 0.717) is 39.0 Å². The van der Waals surface area contributed by atoms with E-state index in [1.807, 2.05) is 19.9 Å². The van der Waals surface area contributed by atoms with Crippen LogP contribution in [0.3, 0.4) is 0 Å². The number of rotatable bonds is 11. The molecule has 0 bridgehead atoms. The molecule has 2 aromatic carbocycles. The molecule has 0 spiro atoms. The van der Waals surface area contributed by atoms with Crippen LogP contribution in [0.4, 0.5) is 14.5 Å². The number of halogens is 3. The minimum absolute atomic E-state index is 0.0913. The maximum atomic E-state index is 13.5. The van der Waals surface area contributed by atoms with Crippen molar-refractivity contribution in [2.24, 2.45) is 11.8 Å². The molecule has 2 saturated heterocycles. The van der Waals surface area contributed by atoms with E-state index in [9.17, 15) is 18.4 Å². The van der Waals surface area contributed by atoms with Crippen LogP contribution in [0.15, 0.2) is 60.7 Å². The molecule has 0 saturated carbocycles. The molecule has 2 fully saturated rings. The van der Waals surface area contributed by atoms with Crippen molar-refractivity contribution >= 4 is 51.3 Å². The van der Waals surface area contributed by atoms with Crippen LogP contribution in [0, 0.1) is 23.5 Å². The van der Waals surface area contributed by atoms with Crippen LogP contribution in [0.1, 0.15) is 97.6 Å². The molecular formula is C48H59ClF2N8O6. The molecule has 0 radical (unpaired) electrons. The van der Waals surface area contributed by atoms with Gasteiger partial charge in [0.05, 0.1) is 58.5 Å². The van der Waals surface area contributed by atoms with Gasteiger partial charge in [0.1, 0.15) is 11.6 Å². The highest BCUT2D eigenvalue weighted by Crippen LogP contribution is 2.37. The summed E-state index contributed by atoms with van der Waals surface area (Å²) in [6.07, 6.45) is 4.59. The van der Waals surface area contributed by atoms with Gasteiger partial charge in [0, 0.05) is 40.5 Å². The van der Waals surface area contributed by atoms with Crippen molar-refractivity contribution in [2.75, 3.05) is 72.7 Å². The number of esters is 2. The topological polar surface area (TPSA) is 148 Å². The Labute approximate surface area is 383 Å². The third-order valence-electron chi connectivity index (χ3n) is 11.5. The summed E-state index contributed by atoms with van der Waals surface area (Å²) in [4.78, 5) is 35.6. The van der Waals surface area contributed by atoms with Crippen LogP contribution in [0.2, 0.25) is 5.02 Å². The van der Waals surface area contributed by atoms with E-state index in [-0.39, 0.29) is 34.9 Å². The molecule has 14 nitrogen and oxygen atoms in total. The quantitative estimate of drug-likeness (QED) is 0.124. The van der Waals surface area contributed by atoms with Gasteiger partial charge >= 0.3 is 11.9 Å². The van der Waals surface area contributed by atoms with E-state index >= 15 is 0 Å². The van der Waals surface area contributed by atoms with Gasteiger partial charge in [-0.05, 0) is 123 Å². The Morgan fingerprint density at radius 1 is 0.677 bits per heavy atom. The van der Waals surface area contributed by atoms with Crippen LogP contribution in [0.25, 0.3) is 33.4 Å². The first kappa shape index (κ1) is 48.9. The first-order chi connectivity index (χ1) is 31.3. The van der Waals surface area contributed by atoms with Crippen LogP contribution < -0.4 is 10.2 Å². The summed E-state index contributed by atoms with van der Waals surface area (Å²) in [5, 5.41) is 14.7. The van der Waals surface area contributed by atoms with Crippen molar-refractivity contribution in [3.05, 3.63) is 100 Å². The Bertz CT molecular complexity index is 2530. The molecule has 348 valence electrons. The number of hydrogen-bond acceptors (Lipinski definition) is 12. The highest BCUT2D eigenvalue weighted by atomic mass is 35.5. The maximum Gasteiger partial charge on any atom is 0.356 e. The molecular weight excluding hydrogens is 858 g/mol. The van der Waals surface area contributed by atoms with E-state index in [0.717, 1.165) is 67.5 Å². The zero-order chi connectivity index (χ0) is 46.8. The number of carbonyl (C=O) groups excluding carboxylic acids is 2. The van der Waals surface area contributed by atoms with Crippen molar-refractivity contribution in [1.82, 2.24) is 34.8 Å². The van der Waals surface area contributed by atoms with Gasteiger partial charge < -0.3 is 29.2 Å². The van der Waals surface area contributed by atoms with Gasteiger partial charge in [0.25, 0.3) is 0 Å². The number of hydrogen-bond donors (Lipinski definition) is 1. The fourth-order valence-corrected chi connectivity index (χ4v) is 8.36. The van der Waals surface area contributed by atoms with Crippen LogP contribution in [-0.4, -0.2) is 109 Å². The zero-order valence-electron chi connectivity index (χ0n) is 38.4. The Kier molecular flexibility index (Phi) is 17.0. The van der Waals surface area contributed by atoms with Crippen molar-refractivity contribution < 1.29 is 37.3 Å². The molecule has 2 aliphatic rings. The molecule has 1 N–H and O–H groups in total.